The second kappa shape index (κ2) is 4.45. The number of carboxylic acid groups (broad SMARTS) is 1. The molecule has 7 heteroatoms. The molecule has 1 aromatic heterocycles. The van der Waals surface area contributed by atoms with Crippen molar-refractivity contribution in [2.24, 2.45) is 0 Å². The predicted molar refractivity (Wildman–Crippen MR) is 49.7 cm³/mol. The summed E-state index contributed by atoms with van der Waals surface area (Å²) in [7, 11) is 3.19. The Hall–Kier alpha value is -2.05. The minimum absolute atomic E-state index is 0.0812. The molecule has 0 saturated heterocycles. The Balaban J connectivity index is 2.51. The van der Waals surface area contributed by atoms with Crippen LogP contribution in [0.15, 0.2) is 6.07 Å². The van der Waals surface area contributed by atoms with Crippen LogP contribution in [-0.2, 0) is 4.79 Å². The molecule has 0 aromatic carbocycles. The molecule has 1 heterocycles. The molecular weight excluding hydrogens is 202 g/mol. The summed E-state index contributed by atoms with van der Waals surface area (Å²) in [5.41, 5.74) is -0.0812. The van der Waals surface area contributed by atoms with E-state index in [0.717, 1.165) is 0 Å². The van der Waals surface area contributed by atoms with Gasteiger partial charge in [-0.15, -0.1) is 5.10 Å². The van der Waals surface area contributed by atoms with Gasteiger partial charge in [0.05, 0.1) is 0 Å². The number of likely N-dealkylation sites (N-methyl/N-ethyl adjacent to an activating group) is 1. The van der Waals surface area contributed by atoms with Crippen LogP contribution in [0.2, 0.25) is 0 Å². The Bertz CT molecular complexity index is 372. The second-order valence-corrected chi connectivity index (χ2v) is 3.00. The molecule has 0 unspecified atom stereocenters. The van der Waals surface area contributed by atoms with Gasteiger partial charge in [0.25, 0.3) is 5.91 Å². The molecule has 1 aromatic rings. The lowest BCUT2D eigenvalue weighted by molar-refractivity contribution is -0.130. The summed E-state index contributed by atoms with van der Waals surface area (Å²) in [4.78, 5) is 22.9. The van der Waals surface area contributed by atoms with Crippen molar-refractivity contribution < 1.29 is 19.4 Å². The molecule has 2 N–H and O–H groups in total. The van der Waals surface area contributed by atoms with Gasteiger partial charge in [-0.05, 0) is 0 Å². The fraction of sp³-hybridized carbons (Fsp3) is 0.375. The normalized spacial score (nSPS) is 9.73. The van der Waals surface area contributed by atoms with Crippen LogP contribution in [0.4, 0.5) is 0 Å². The van der Waals surface area contributed by atoms with Gasteiger partial charge in [-0.3, -0.25) is 9.89 Å². The van der Waals surface area contributed by atoms with Crippen LogP contribution in [-0.4, -0.2) is 52.8 Å². The van der Waals surface area contributed by atoms with E-state index in [1.807, 2.05) is 0 Å². The molecular formula is C8H11N3O4. The summed E-state index contributed by atoms with van der Waals surface area (Å²) in [6, 6.07) is 1.21. The fourth-order valence-electron chi connectivity index (χ4n) is 0.752. The quantitative estimate of drug-likeness (QED) is 0.707. The Morgan fingerprint density at radius 1 is 1.60 bits per heavy atom. The van der Waals surface area contributed by atoms with Crippen molar-refractivity contribution in [3.8, 4) is 5.88 Å². The highest BCUT2D eigenvalue weighted by Gasteiger charge is 2.10. The number of H-pyrrole nitrogens is 1. The molecule has 1 rings (SSSR count). The van der Waals surface area contributed by atoms with Crippen LogP contribution in [0.25, 0.3) is 0 Å². The number of carbonyl (C=O) groups excluding carboxylic acids is 1. The van der Waals surface area contributed by atoms with E-state index >= 15 is 0 Å². The molecule has 0 radical (unpaired) electrons. The van der Waals surface area contributed by atoms with Gasteiger partial charge < -0.3 is 14.7 Å². The highest BCUT2D eigenvalue weighted by Crippen LogP contribution is 2.07. The van der Waals surface area contributed by atoms with Gasteiger partial charge >= 0.3 is 5.97 Å². The summed E-state index contributed by atoms with van der Waals surface area (Å²) < 4.78 is 4.96. The molecule has 0 spiro atoms. The first-order valence-electron chi connectivity index (χ1n) is 4.12. The maximum atomic E-state index is 11.1. The van der Waals surface area contributed by atoms with Crippen molar-refractivity contribution in [1.82, 2.24) is 15.1 Å². The summed E-state index contributed by atoms with van der Waals surface area (Å²) in [5, 5.41) is 14.4. The van der Waals surface area contributed by atoms with Gasteiger partial charge in [0.2, 0.25) is 5.88 Å². The maximum Gasteiger partial charge on any atom is 0.354 e. The number of rotatable bonds is 4. The van der Waals surface area contributed by atoms with Gasteiger partial charge in [0, 0.05) is 20.2 Å². The van der Waals surface area contributed by atoms with E-state index in [2.05, 4.69) is 10.2 Å². The number of aromatic carboxylic acids is 1. The third-order valence-corrected chi connectivity index (χ3v) is 1.63. The molecule has 82 valence electrons. The summed E-state index contributed by atoms with van der Waals surface area (Å²) in [5.74, 6) is -1.27. The van der Waals surface area contributed by atoms with Crippen LogP contribution < -0.4 is 4.74 Å². The number of carbonyl (C=O) groups is 2. The molecule has 0 aliphatic heterocycles. The average molecular weight is 213 g/mol. The Kier molecular flexibility index (Phi) is 3.27. The summed E-state index contributed by atoms with van der Waals surface area (Å²) in [6.07, 6.45) is 0. The lowest BCUT2D eigenvalue weighted by atomic mass is 10.4. The maximum absolute atomic E-state index is 11.1. The molecule has 0 aliphatic carbocycles. The highest BCUT2D eigenvalue weighted by molar-refractivity contribution is 5.85. The van der Waals surface area contributed by atoms with Crippen molar-refractivity contribution in [1.29, 1.82) is 0 Å². The first kappa shape index (κ1) is 11.0. The third kappa shape index (κ3) is 2.97. The monoisotopic (exact) mass is 213 g/mol. The minimum Gasteiger partial charge on any atom is -0.477 e. The Labute approximate surface area is 85.6 Å². The number of ether oxygens (including phenoxy) is 1. The van der Waals surface area contributed by atoms with Gasteiger partial charge in [0.15, 0.2) is 6.61 Å². The SMILES string of the molecule is CN(C)C(=O)COc1cc(C(=O)O)[nH]n1. The topological polar surface area (TPSA) is 95.5 Å². The van der Waals surface area contributed by atoms with Gasteiger partial charge in [-0.2, -0.15) is 0 Å². The highest BCUT2D eigenvalue weighted by atomic mass is 16.5. The Morgan fingerprint density at radius 2 is 2.27 bits per heavy atom. The van der Waals surface area contributed by atoms with Gasteiger partial charge in [-0.1, -0.05) is 0 Å². The Morgan fingerprint density at radius 3 is 2.73 bits per heavy atom. The van der Waals surface area contributed by atoms with Crippen molar-refractivity contribution in [3.05, 3.63) is 11.8 Å². The number of nitrogens with one attached hydrogen (secondary N) is 1. The van der Waals surface area contributed by atoms with Crippen molar-refractivity contribution in [3.63, 3.8) is 0 Å². The lowest BCUT2D eigenvalue weighted by Gasteiger charge is -2.09. The van der Waals surface area contributed by atoms with E-state index in [0.29, 0.717) is 0 Å². The molecule has 0 aliphatic rings. The number of nitrogens with zero attached hydrogens (tertiary/aromatic N) is 2. The third-order valence-electron chi connectivity index (χ3n) is 1.63. The molecule has 7 nitrogen and oxygen atoms in total. The second-order valence-electron chi connectivity index (χ2n) is 3.00. The zero-order valence-corrected chi connectivity index (χ0v) is 8.35. The largest absolute Gasteiger partial charge is 0.477 e. The number of hydrogen-bond donors (Lipinski definition) is 2. The van der Waals surface area contributed by atoms with Crippen molar-refractivity contribution in [2.45, 2.75) is 0 Å². The number of hydrogen-bond acceptors (Lipinski definition) is 4. The first-order valence-corrected chi connectivity index (χ1v) is 4.12. The van der Waals surface area contributed by atoms with Crippen LogP contribution >= 0.6 is 0 Å². The van der Waals surface area contributed by atoms with E-state index < -0.39 is 5.97 Å². The molecule has 0 atom stereocenters. The van der Waals surface area contributed by atoms with Crippen LogP contribution in [0.1, 0.15) is 10.5 Å². The van der Waals surface area contributed by atoms with Crippen molar-refractivity contribution >= 4 is 11.9 Å². The molecule has 15 heavy (non-hydrogen) atoms. The molecule has 0 fully saturated rings. The van der Waals surface area contributed by atoms with Crippen LogP contribution in [0, 0.1) is 0 Å². The smallest absolute Gasteiger partial charge is 0.354 e. The fourth-order valence-corrected chi connectivity index (χ4v) is 0.752. The van der Waals surface area contributed by atoms with E-state index in [1.165, 1.54) is 11.0 Å². The molecule has 0 bridgehead atoms. The number of aromatic amines is 1. The number of amides is 1. The standard InChI is InChI=1S/C8H11N3O4/c1-11(2)7(12)4-15-6-3-5(8(13)14)9-10-6/h3H,4H2,1-2H3,(H,9,10)(H,13,14). The van der Waals surface area contributed by atoms with Crippen LogP contribution in [0.3, 0.4) is 0 Å². The lowest BCUT2D eigenvalue weighted by Crippen LogP contribution is -2.27. The van der Waals surface area contributed by atoms with Crippen molar-refractivity contribution in [2.75, 3.05) is 20.7 Å². The van der Waals surface area contributed by atoms with Gasteiger partial charge in [-0.25, -0.2) is 4.79 Å². The zero-order valence-electron chi connectivity index (χ0n) is 8.35. The van der Waals surface area contributed by atoms with Crippen LogP contribution in [0.5, 0.6) is 5.88 Å². The number of carboxylic acids is 1. The zero-order chi connectivity index (χ0) is 11.4. The van der Waals surface area contributed by atoms with E-state index in [9.17, 15) is 9.59 Å². The predicted octanol–water partition coefficient (Wildman–Crippen LogP) is -0.425. The summed E-state index contributed by atoms with van der Waals surface area (Å²) in [6.45, 7) is -0.170. The van der Waals surface area contributed by atoms with Gasteiger partial charge in [0.1, 0.15) is 5.69 Å². The first-order chi connectivity index (χ1) is 7.00. The van der Waals surface area contributed by atoms with E-state index in [1.54, 1.807) is 14.1 Å². The number of aromatic nitrogens is 2. The average Bonchev–Trinajstić information content (AvgIpc) is 2.62. The van der Waals surface area contributed by atoms with E-state index in [-0.39, 0.29) is 24.1 Å². The molecule has 1 amide bonds. The minimum atomic E-state index is -1.13. The summed E-state index contributed by atoms with van der Waals surface area (Å²) >= 11 is 0. The van der Waals surface area contributed by atoms with E-state index in [4.69, 9.17) is 9.84 Å². The molecule has 0 saturated carbocycles.